The summed E-state index contributed by atoms with van der Waals surface area (Å²) in [5.41, 5.74) is 3.00. The summed E-state index contributed by atoms with van der Waals surface area (Å²) in [6, 6.07) is 36.5. The molecule has 4 aromatic carbocycles. The van der Waals surface area contributed by atoms with E-state index in [-0.39, 0.29) is 26.4 Å². The molecule has 0 aromatic heterocycles. The Morgan fingerprint density at radius 2 is 0.786 bits per heavy atom. The lowest BCUT2D eigenvalue weighted by molar-refractivity contribution is 0.00609. The summed E-state index contributed by atoms with van der Waals surface area (Å²) >= 11 is 0. The molecule has 0 heterocycles. The van der Waals surface area contributed by atoms with Crippen LogP contribution in [0.3, 0.4) is 0 Å². The van der Waals surface area contributed by atoms with E-state index >= 15 is 0 Å². The van der Waals surface area contributed by atoms with E-state index in [1.807, 2.05) is 97.1 Å². The number of aliphatic hydroxyl groups is 1. The van der Waals surface area contributed by atoms with Gasteiger partial charge in [0.25, 0.3) is 0 Å². The van der Waals surface area contributed by atoms with Crippen molar-refractivity contribution >= 4 is 15.6 Å². The monoisotopic (exact) mass is 612 g/mol. The predicted molar refractivity (Wildman–Crippen MR) is 158 cm³/mol. The average Bonchev–Trinajstić information content (AvgIpc) is 3.05. The molecule has 0 aliphatic heterocycles. The molecule has 4 rings (SSSR count). The van der Waals surface area contributed by atoms with Gasteiger partial charge in [-0.2, -0.15) is 0 Å². The van der Waals surface area contributed by atoms with Crippen LogP contribution in [0.4, 0.5) is 0 Å². The third-order valence-electron chi connectivity index (χ3n) is 5.83. The molecule has 0 aliphatic carbocycles. The molecular formula is C31H34O9P2. The van der Waals surface area contributed by atoms with Crippen LogP contribution in [-0.2, 0) is 62.7 Å². The van der Waals surface area contributed by atoms with Crippen LogP contribution in [0.25, 0.3) is 0 Å². The fraction of sp³-hybridized carbons (Fsp3) is 0.226. The maximum atomic E-state index is 13.7. The lowest BCUT2D eigenvalue weighted by atomic mass is 10.2. The molecule has 1 N–H and O–H groups in total. The molecule has 0 fully saturated rings. The Morgan fingerprint density at radius 1 is 0.476 bits per heavy atom. The topological polar surface area (TPSA) is 110 Å². The molecule has 1 unspecified atom stereocenters. The number of hydrogen-bond donors (Lipinski definition) is 1. The van der Waals surface area contributed by atoms with E-state index in [0.29, 0.717) is 0 Å². The van der Waals surface area contributed by atoms with E-state index < -0.39 is 35.0 Å². The number of aliphatic hydroxyl groups excluding tert-OH is 1. The first-order valence-electron chi connectivity index (χ1n) is 13.3. The first kappa shape index (κ1) is 32.0. The zero-order valence-electron chi connectivity index (χ0n) is 23.0. The molecular weight excluding hydrogens is 578 g/mol. The van der Waals surface area contributed by atoms with Gasteiger partial charge in [0.2, 0.25) is 0 Å². The van der Waals surface area contributed by atoms with Gasteiger partial charge >= 0.3 is 15.6 Å². The molecule has 0 spiro atoms. The highest BCUT2D eigenvalue weighted by Crippen LogP contribution is 2.54. The fourth-order valence-corrected chi connectivity index (χ4v) is 6.08. The van der Waals surface area contributed by atoms with Crippen molar-refractivity contribution in [3.63, 3.8) is 0 Å². The van der Waals surface area contributed by atoms with Crippen LogP contribution in [0.5, 0.6) is 0 Å². The third-order valence-corrected chi connectivity index (χ3v) is 8.63. The van der Waals surface area contributed by atoms with Gasteiger partial charge in [0.05, 0.1) is 39.6 Å². The molecule has 11 heteroatoms. The Labute approximate surface area is 246 Å². The zero-order valence-corrected chi connectivity index (χ0v) is 24.8. The third kappa shape index (κ3) is 11.0. The van der Waals surface area contributed by atoms with Gasteiger partial charge in [0.1, 0.15) is 6.10 Å². The van der Waals surface area contributed by atoms with Gasteiger partial charge in [0, 0.05) is 0 Å². The number of benzene rings is 4. The van der Waals surface area contributed by atoms with Gasteiger partial charge in [-0.1, -0.05) is 121 Å². The molecule has 222 valence electrons. The molecule has 42 heavy (non-hydrogen) atoms. The maximum Gasteiger partial charge on any atom is 0.475 e. The van der Waals surface area contributed by atoms with Gasteiger partial charge in [-0.3, -0.25) is 27.1 Å². The lowest BCUT2D eigenvalue weighted by Gasteiger charge is -2.25. The summed E-state index contributed by atoms with van der Waals surface area (Å²) < 4.78 is 61.1. The Bertz CT molecular complexity index is 1310. The van der Waals surface area contributed by atoms with Crippen molar-refractivity contribution in [2.45, 2.75) is 32.5 Å². The highest BCUT2D eigenvalue weighted by molar-refractivity contribution is 7.48. The molecule has 0 saturated carbocycles. The van der Waals surface area contributed by atoms with Crippen molar-refractivity contribution in [2.24, 2.45) is 0 Å². The van der Waals surface area contributed by atoms with E-state index in [1.165, 1.54) is 0 Å². The van der Waals surface area contributed by atoms with E-state index in [0.717, 1.165) is 22.3 Å². The summed E-state index contributed by atoms with van der Waals surface area (Å²) in [6.07, 6.45) is -1.24. The number of phosphoric ester groups is 2. The standard InChI is InChI=1S/C31H34O9P2/c32-21-31(40-42(34,37-24-29-17-9-3-10-18-29)38-25-30-19-11-4-12-20-30)26-39-41(33,35-22-27-13-5-1-6-14-27)36-23-28-15-7-2-8-16-28/h1-20,31-32H,21-26H2. The molecule has 4 aromatic rings. The number of rotatable bonds is 18. The van der Waals surface area contributed by atoms with Gasteiger partial charge in [-0.05, 0) is 22.3 Å². The van der Waals surface area contributed by atoms with Crippen molar-refractivity contribution < 1.29 is 41.4 Å². The summed E-state index contributed by atoms with van der Waals surface area (Å²) in [5, 5.41) is 10.1. The van der Waals surface area contributed by atoms with Gasteiger partial charge in [0.15, 0.2) is 0 Å². The van der Waals surface area contributed by atoms with E-state index in [2.05, 4.69) is 0 Å². The summed E-state index contributed by atoms with van der Waals surface area (Å²) in [5.74, 6) is 0. The first-order chi connectivity index (χ1) is 20.5. The van der Waals surface area contributed by atoms with E-state index in [1.54, 1.807) is 24.3 Å². The molecule has 0 aliphatic rings. The van der Waals surface area contributed by atoms with Crippen LogP contribution < -0.4 is 0 Å². The van der Waals surface area contributed by atoms with E-state index in [9.17, 15) is 14.2 Å². The highest BCUT2D eigenvalue weighted by Gasteiger charge is 2.34. The Balaban J connectivity index is 1.43. The zero-order chi connectivity index (χ0) is 29.5. The van der Waals surface area contributed by atoms with Crippen LogP contribution >= 0.6 is 15.6 Å². The number of hydrogen-bond acceptors (Lipinski definition) is 9. The van der Waals surface area contributed by atoms with Gasteiger partial charge in [-0.25, -0.2) is 9.13 Å². The lowest BCUT2D eigenvalue weighted by Crippen LogP contribution is -2.24. The molecule has 0 amide bonds. The SMILES string of the molecule is O=P(OCc1ccccc1)(OCc1ccccc1)OCC(CO)OP(=O)(OCc1ccccc1)OCc1ccccc1. The molecule has 9 nitrogen and oxygen atoms in total. The molecule has 1 atom stereocenters. The normalized spacial score (nSPS) is 12.7. The van der Waals surface area contributed by atoms with Crippen LogP contribution in [0.2, 0.25) is 0 Å². The Hall–Kier alpha value is -2.94. The minimum atomic E-state index is -4.24. The quantitative estimate of drug-likeness (QED) is 0.115. The second-order valence-electron chi connectivity index (χ2n) is 9.14. The van der Waals surface area contributed by atoms with Crippen LogP contribution in [0.1, 0.15) is 22.3 Å². The summed E-state index contributed by atoms with van der Waals surface area (Å²) in [6.45, 7) is -1.34. The van der Waals surface area contributed by atoms with Gasteiger partial charge in [-0.15, -0.1) is 0 Å². The Kier molecular flexibility index (Phi) is 12.7. The summed E-state index contributed by atoms with van der Waals surface area (Å²) in [7, 11) is -8.41. The highest BCUT2D eigenvalue weighted by atomic mass is 31.2. The molecule has 0 radical (unpaired) electrons. The second kappa shape index (κ2) is 16.6. The minimum absolute atomic E-state index is 0.0452. The van der Waals surface area contributed by atoms with Crippen LogP contribution in [0, 0.1) is 0 Å². The van der Waals surface area contributed by atoms with Crippen molar-refractivity contribution in [1.82, 2.24) is 0 Å². The second-order valence-corrected chi connectivity index (χ2v) is 12.4. The Morgan fingerprint density at radius 3 is 1.10 bits per heavy atom. The summed E-state index contributed by atoms with van der Waals surface area (Å²) in [4.78, 5) is 0. The van der Waals surface area contributed by atoms with Crippen molar-refractivity contribution in [1.29, 1.82) is 0 Å². The van der Waals surface area contributed by atoms with Crippen molar-refractivity contribution in [3.8, 4) is 0 Å². The fourth-order valence-electron chi connectivity index (χ4n) is 3.59. The maximum absolute atomic E-state index is 13.7. The molecule has 0 bridgehead atoms. The van der Waals surface area contributed by atoms with Crippen molar-refractivity contribution in [3.05, 3.63) is 144 Å². The first-order valence-corrected chi connectivity index (χ1v) is 16.3. The minimum Gasteiger partial charge on any atom is -0.394 e. The predicted octanol–water partition coefficient (Wildman–Crippen LogP) is 7.46. The van der Waals surface area contributed by atoms with Crippen LogP contribution in [-0.4, -0.2) is 24.4 Å². The van der Waals surface area contributed by atoms with E-state index in [4.69, 9.17) is 27.1 Å². The van der Waals surface area contributed by atoms with Crippen molar-refractivity contribution in [2.75, 3.05) is 13.2 Å². The van der Waals surface area contributed by atoms with Crippen LogP contribution in [0.15, 0.2) is 121 Å². The number of phosphoric acid groups is 2. The smallest absolute Gasteiger partial charge is 0.394 e. The van der Waals surface area contributed by atoms with Gasteiger partial charge < -0.3 is 5.11 Å². The largest absolute Gasteiger partial charge is 0.475 e. The average molecular weight is 613 g/mol. The molecule has 0 saturated heterocycles.